The molecule has 1 unspecified atom stereocenters. The lowest BCUT2D eigenvalue weighted by atomic mass is 9.93. The van der Waals surface area contributed by atoms with E-state index in [4.69, 9.17) is 11.6 Å². The summed E-state index contributed by atoms with van der Waals surface area (Å²) in [5, 5.41) is 10.8. The van der Waals surface area contributed by atoms with Gasteiger partial charge in [-0.2, -0.15) is 0 Å². The van der Waals surface area contributed by atoms with E-state index in [1.165, 1.54) is 11.1 Å². The fraction of sp³-hybridized carbons (Fsp3) is 0.200. The van der Waals surface area contributed by atoms with Crippen LogP contribution in [0.25, 0.3) is 0 Å². The molecule has 3 rings (SSSR count). The zero-order valence-corrected chi connectivity index (χ0v) is 10.1. The monoisotopic (exact) mass is 244 g/mol. The van der Waals surface area contributed by atoms with Gasteiger partial charge in [0.25, 0.3) is 0 Å². The zero-order chi connectivity index (χ0) is 11.8. The van der Waals surface area contributed by atoms with Crippen LogP contribution < -0.4 is 0 Å². The maximum atomic E-state index is 10.1. The van der Waals surface area contributed by atoms with Crippen molar-refractivity contribution in [1.82, 2.24) is 0 Å². The molecule has 2 aromatic carbocycles. The lowest BCUT2D eigenvalue weighted by Gasteiger charge is -2.11. The van der Waals surface area contributed by atoms with Crippen molar-refractivity contribution in [3.05, 3.63) is 70.2 Å². The molecule has 0 aromatic heterocycles. The number of halogens is 1. The Kier molecular flexibility index (Phi) is 2.65. The Labute approximate surface area is 106 Å². The summed E-state index contributed by atoms with van der Waals surface area (Å²) in [5.41, 5.74) is 3.44. The highest BCUT2D eigenvalue weighted by Gasteiger charge is 2.30. The van der Waals surface area contributed by atoms with E-state index >= 15 is 0 Å². The van der Waals surface area contributed by atoms with Crippen LogP contribution in [0.1, 0.15) is 35.1 Å². The minimum Gasteiger partial charge on any atom is -0.388 e. The first-order valence-corrected chi connectivity index (χ1v) is 6.16. The highest BCUT2D eigenvalue weighted by Crippen LogP contribution is 2.44. The van der Waals surface area contributed by atoms with E-state index in [-0.39, 0.29) is 0 Å². The van der Waals surface area contributed by atoms with E-state index in [9.17, 15) is 5.11 Å². The zero-order valence-electron chi connectivity index (χ0n) is 9.31. The Morgan fingerprint density at radius 1 is 1.00 bits per heavy atom. The highest BCUT2D eigenvalue weighted by molar-refractivity contribution is 6.30. The predicted molar refractivity (Wildman–Crippen MR) is 69.3 cm³/mol. The van der Waals surface area contributed by atoms with E-state index in [0.29, 0.717) is 10.9 Å². The number of fused-ring (bicyclic) bond motifs is 1. The van der Waals surface area contributed by atoms with Crippen molar-refractivity contribution in [2.45, 2.75) is 18.4 Å². The summed E-state index contributed by atoms with van der Waals surface area (Å²) >= 11 is 5.97. The molecule has 1 N–H and O–H groups in total. The predicted octanol–water partition coefficient (Wildman–Crippen LogP) is 3.91. The third-order valence-corrected chi connectivity index (χ3v) is 3.68. The maximum absolute atomic E-state index is 10.1. The number of hydrogen-bond donors (Lipinski definition) is 1. The Balaban J connectivity index is 2.08. The molecule has 0 saturated heterocycles. The first-order valence-electron chi connectivity index (χ1n) is 5.78. The summed E-state index contributed by atoms with van der Waals surface area (Å²) in [6.07, 6.45) is 0.355. The molecule has 0 amide bonds. The van der Waals surface area contributed by atoms with Crippen LogP contribution in [-0.2, 0) is 0 Å². The van der Waals surface area contributed by atoms with Crippen LogP contribution in [0.3, 0.4) is 0 Å². The molecule has 2 aromatic rings. The van der Waals surface area contributed by atoms with Crippen molar-refractivity contribution in [3.63, 3.8) is 0 Å². The second kappa shape index (κ2) is 4.17. The molecule has 2 atom stereocenters. The summed E-state index contributed by atoms with van der Waals surface area (Å²) in [6, 6.07) is 16.1. The van der Waals surface area contributed by atoms with Crippen LogP contribution in [0.4, 0.5) is 0 Å². The van der Waals surface area contributed by atoms with E-state index in [0.717, 1.165) is 12.0 Å². The summed E-state index contributed by atoms with van der Waals surface area (Å²) in [4.78, 5) is 0. The lowest BCUT2D eigenvalue weighted by Crippen LogP contribution is -1.95. The van der Waals surface area contributed by atoms with Gasteiger partial charge in [-0.1, -0.05) is 48.0 Å². The van der Waals surface area contributed by atoms with Crippen molar-refractivity contribution >= 4 is 11.6 Å². The fourth-order valence-electron chi connectivity index (χ4n) is 2.63. The molecular formula is C15H13ClO. The van der Waals surface area contributed by atoms with E-state index < -0.39 is 6.10 Å². The van der Waals surface area contributed by atoms with Gasteiger partial charge >= 0.3 is 0 Å². The van der Waals surface area contributed by atoms with Crippen LogP contribution in [0.5, 0.6) is 0 Å². The SMILES string of the molecule is OC1C[C@H](c2ccccc2)c2ccc(Cl)cc21. The van der Waals surface area contributed by atoms with Gasteiger partial charge in [0.2, 0.25) is 0 Å². The fourth-order valence-corrected chi connectivity index (χ4v) is 2.81. The van der Waals surface area contributed by atoms with E-state index in [1.54, 1.807) is 0 Å². The van der Waals surface area contributed by atoms with E-state index in [2.05, 4.69) is 12.1 Å². The molecular weight excluding hydrogens is 232 g/mol. The minimum absolute atomic E-state index is 0.290. The van der Waals surface area contributed by atoms with Crippen LogP contribution >= 0.6 is 11.6 Å². The van der Waals surface area contributed by atoms with Crippen LogP contribution in [0, 0.1) is 0 Å². The van der Waals surface area contributed by atoms with Gasteiger partial charge in [-0.3, -0.25) is 0 Å². The Bertz CT molecular complexity index is 536. The molecule has 1 aliphatic rings. The minimum atomic E-state index is -0.395. The van der Waals surface area contributed by atoms with E-state index in [1.807, 2.05) is 36.4 Å². The Hall–Kier alpha value is -1.31. The molecule has 1 aliphatic carbocycles. The second-order valence-electron chi connectivity index (χ2n) is 4.49. The molecule has 0 heterocycles. The topological polar surface area (TPSA) is 20.2 Å². The van der Waals surface area contributed by atoms with Gasteiger partial charge in [0.05, 0.1) is 6.10 Å². The third-order valence-electron chi connectivity index (χ3n) is 3.44. The number of aliphatic hydroxyl groups excluding tert-OH is 1. The lowest BCUT2D eigenvalue weighted by molar-refractivity contribution is 0.176. The van der Waals surface area contributed by atoms with Gasteiger partial charge in [0, 0.05) is 10.9 Å². The summed E-state index contributed by atoms with van der Waals surface area (Å²) < 4.78 is 0. The van der Waals surface area contributed by atoms with Gasteiger partial charge in [0.15, 0.2) is 0 Å². The van der Waals surface area contributed by atoms with Crippen molar-refractivity contribution in [2.75, 3.05) is 0 Å². The van der Waals surface area contributed by atoms with Crippen LogP contribution in [-0.4, -0.2) is 5.11 Å². The molecule has 0 bridgehead atoms. The molecule has 0 fully saturated rings. The Morgan fingerprint density at radius 3 is 2.53 bits per heavy atom. The normalized spacial score (nSPS) is 22.5. The van der Waals surface area contributed by atoms with Gasteiger partial charge in [-0.15, -0.1) is 0 Å². The molecule has 2 heteroatoms. The number of hydrogen-bond acceptors (Lipinski definition) is 1. The third kappa shape index (κ3) is 1.86. The van der Waals surface area contributed by atoms with Gasteiger partial charge in [0.1, 0.15) is 0 Å². The smallest absolute Gasteiger partial charge is 0.0802 e. The largest absolute Gasteiger partial charge is 0.388 e. The van der Waals surface area contributed by atoms with Gasteiger partial charge in [-0.25, -0.2) is 0 Å². The van der Waals surface area contributed by atoms with Gasteiger partial charge < -0.3 is 5.11 Å². The summed E-state index contributed by atoms with van der Waals surface area (Å²) in [7, 11) is 0. The van der Waals surface area contributed by atoms with Crippen molar-refractivity contribution in [1.29, 1.82) is 0 Å². The Morgan fingerprint density at radius 2 is 1.76 bits per heavy atom. The van der Waals surface area contributed by atoms with Crippen molar-refractivity contribution in [3.8, 4) is 0 Å². The molecule has 0 saturated carbocycles. The molecule has 17 heavy (non-hydrogen) atoms. The first kappa shape index (κ1) is 10.8. The van der Waals surface area contributed by atoms with Crippen LogP contribution in [0.15, 0.2) is 48.5 Å². The van der Waals surface area contributed by atoms with Crippen molar-refractivity contribution < 1.29 is 5.11 Å². The van der Waals surface area contributed by atoms with Gasteiger partial charge in [-0.05, 0) is 35.2 Å². The number of rotatable bonds is 1. The molecule has 0 radical (unpaired) electrons. The standard InChI is InChI=1S/C15H13ClO/c16-11-6-7-12-13(9-15(17)14(12)8-11)10-4-2-1-3-5-10/h1-8,13,15,17H,9H2/t13-,15?/m1/s1. The number of aliphatic hydroxyl groups is 1. The maximum Gasteiger partial charge on any atom is 0.0802 e. The van der Waals surface area contributed by atoms with Crippen LogP contribution in [0.2, 0.25) is 5.02 Å². The van der Waals surface area contributed by atoms with Crippen molar-refractivity contribution in [2.24, 2.45) is 0 Å². The average molecular weight is 245 g/mol. The second-order valence-corrected chi connectivity index (χ2v) is 4.92. The first-order chi connectivity index (χ1) is 8.25. The highest BCUT2D eigenvalue weighted by atomic mass is 35.5. The quantitative estimate of drug-likeness (QED) is 0.807. The molecule has 0 spiro atoms. The summed E-state index contributed by atoms with van der Waals surface area (Å²) in [6.45, 7) is 0. The molecule has 0 aliphatic heterocycles. The molecule has 1 nitrogen and oxygen atoms in total. The summed E-state index contributed by atoms with van der Waals surface area (Å²) in [5.74, 6) is 0.290. The number of benzene rings is 2. The molecule has 86 valence electrons. The average Bonchev–Trinajstić information content (AvgIpc) is 2.68.